The van der Waals surface area contributed by atoms with Crippen LogP contribution in [0.2, 0.25) is 0 Å². The summed E-state index contributed by atoms with van der Waals surface area (Å²) in [5.74, 6) is 0.326. The molecule has 2 aromatic rings. The molecule has 1 aromatic carbocycles. The Balaban J connectivity index is 2.11. The molecule has 1 aromatic heterocycles. The molecule has 0 spiro atoms. The normalized spacial score (nSPS) is 12.8. The van der Waals surface area contributed by atoms with Crippen molar-refractivity contribution in [3.63, 3.8) is 0 Å². The number of hydrogen-bond donors (Lipinski definition) is 2. The molecule has 0 aliphatic carbocycles. The van der Waals surface area contributed by atoms with Crippen molar-refractivity contribution in [3.05, 3.63) is 36.0 Å². The van der Waals surface area contributed by atoms with Crippen LogP contribution in [0.3, 0.4) is 0 Å². The maximum absolute atomic E-state index is 12.3. The van der Waals surface area contributed by atoms with Gasteiger partial charge in [-0.05, 0) is 24.0 Å². The van der Waals surface area contributed by atoms with Crippen LogP contribution in [-0.4, -0.2) is 28.2 Å². The van der Waals surface area contributed by atoms with Gasteiger partial charge < -0.3 is 15.0 Å². The minimum Gasteiger partial charge on any atom is -0.396 e. The summed E-state index contributed by atoms with van der Waals surface area (Å²) in [5, 5.41) is 13.2. The lowest BCUT2D eigenvalue weighted by Gasteiger charge is -2.21. The second kappa shape index (κ2) is 6.76. The summed E-state index contributed by atoms with van der Waals surface area (Å²) in [6, 6.07) is 8.12. The average molecular weight is 288 g/mol. The van der Waals surface area contributed by atoms with Crippen LogP contribution in [0.25, 0.3) is 10.9 Å². The molecule has 0 aliphatic rings. The van der Waals surface area contributed by atoms with E-state index in [4.69, 9.17) is 5.11 Å². The Kier molecular flexibility index (Phi) is 5.02. The van der Waals surface area contributed by atoms with Gasteiger partial charge in [-0.2, -0.15) is 0 Å². The molecular formula is C17H24N2O2. The molecule has 0 fully saturated rings. The van der Waals surface area contributed by atoms with Crippen molar-refractivity contribution in [1.29, 1.82) is 0 Å². The third-order valence-corrected chi connectivity index (χ3v) is 3.92. The van der Waals surface area contributed by atoms with Crippen LogP contribution >= 0.6 is 0 Å². The number of aliphatic hydroxyl groups excluding tert-OH is 1. The maximum atomic E-state index is 12.3. The summed E-state index contributed by atoms with van der Waals surface area (Å²) >= 11 is 0. The molecule has 2 N–H and O–H groups in total. The van der Waals surface area contributed by atoms with Gasteiger partial charge in [-0.1, -0.05) is 32.0 Å². The molecule has 1 amide bonds. The largest absolute Gasteiger partial charge is 0.396 e. The van der Waals surface area contributed by atoms with Crippen molar-refractivity contribution >= 4 is 16.8 Å². The highest BCUT2D eigenvalue weighted by molar-refractivity contribution is 5.89. The minimum atomic E-state index is 0.0125. The van der Waals surface area contributed by atoms with Crippen LogP contribution in [0.5, 0.6) is 0 Å². The van der Waals surface area contributed by atoms with E-state index in [1.165, 1.54) is 0 Å². The predicted octanol–water partition coefficient (Wildman–Crippen LogP) is 2.24. The monoisotopic (exact) mass is 288 g/mol. The van der Waals surface area contributed by atoms with E-state index >= 15 is 0 Å². The summed E-state index contributed by atoms with van der Waals surface area (Å²) in [7, 11) is 1.99. The summed E-state index contributed by atoms with van der Waals surface area (Å²) in [4.78, 5) is 12.3. The zero-order valence-corrected chi connectivity index (χ0v) is 13.0. The van der Waals surface area contributed by atoms with E-state index in [2.05, 4.69) is 25.2 Å². The molecule has 0 saturated carbocycles. The number of benzene rings is 1. The van der Waals surface area contributed by atoms with E-state index < -0.39 is 0 Å². The Bertz CT molecular complexity index is 616. The predicted molar refractivity (Wildman–Crippen MR) is 85.1 cm³/mol. The van der Waals surface area contributed by atoms with Gasteiger partial charge in [0, 0.05) is 36.8 Å². The molecule has 1 atom stereocenters. The highest BCUT2D eigenvalue weighted by Gasteiger charge is 2.17. The Morgan fingerprint density at radius 2 is 2.05 bits per heavy atom. The van der Waals surface area contributed by atoms with Crippen molar-refractivity contribution in [2.24, 2.45) is 13.0 Å². The molecule has 1 heterocycles. The number of aryl methyl sites for hydroxylation is 1. The number of fused-ring (bicyclic) bond motifs is 1. The number of aliphatic hydroxyl groups is 1. The van der Waals surface area contributed by atoms with Gasteiger partial charge in [0.15, 0.2) is 0 Å². The van der Waals surface area contributed by atoms with Gasteiger partial charge in [0.25, 0.3) is 0 Å². The average Bonchev–Trinajstić information content (AvgIpc) is 2.75. The van der Waals surface area contributed by atoms with Crippen molar-refractivity contribution in [3.8, 4) is 0 Å². The molecule has 2 rings (SSSR count). The first-order valence-corrected chi connectivity index (χ1v) is 7.46. The van der Waals surface area contributed by atoms with Crippen LogP contribution in [-0.2, 0) is 18.3 Å². The molecule has 0 bridgehead atoms. The number of aromatic nitrogens is 1. The quantitative estimate of drug-likeness (QED) is 0.856. The maximum Gasteiger partial charge on any atom is 0.224 e. The zero-order chi connectivity index (χ0) is 15.4. The Labute approximate surface area is 125 Å². The molecule has 114 valence electrons. The Morgan fingerprint density at radius 3 is 2.71 bits per heavy atom. The lowest BCUT2D eigenvalue weighted by atomic mass is 10.0. The first-order chi connectivity index (χ1) is 10.0. The summed E-state index contributed by atoms with van der Waals surface area (Å²) in [6.45, 7) is 4.20. The molecule has 4 heteroatoms. The lowest BCUT2D eigenvalue weighted by Crippen LogP contribution is -2.39. The smallest absolute Gasteiger partial charge is 0.224 e. The van der Waals surface area contributed by atoms with Crippen LogP contribution in [0, 0.1) is 5.92 Å². The van der Waals surface area contributed by atoms with Crippen LogP contribution in [0.15, 0.2) is 30.5 Å². The molecule has 0 radical (unpaired) electrons. The van der Waals surface area contributed by atoms with Gasteiger partial charge in [-0.25, -0.2) is 0 Å². The van der Waals surface area contributed by atoms with Crippen molar-refractivity contribution < 1.29 is 9.90 Å². The number of para-hydroxylation sites is 1. The number of carbonyl (C=O) groups is 1. The SMILES string of the molecule is CC(C)C(CCO)NC(=O)Cc1cn(C)c2ccccc12. The fraction of sp³-hybridized carbons (Fsp3) is 0.471. The van der Waals surface area contributed by atoms with Gasteiger partial charge in [-0.3, -0.25) is 4.79 Å². The summed E-state index contributed by atoms with van der Waals surface area (Å²) < 4.78 is 2.05. The fourth-order valence-electron chi connectivity index (χ4n) is 2.71. The van der Waals surface area contributed by atoms with E-state index in [0.717, 1.165) is 16.5 Å². The highest BCUT2D eigenvalue weighted by atomic mass is 16.3. The number of amides is 1. The molecule has 0 saturated heterocycles. The lowest BCUT2D eigenvalue weighted by molar-refractivity contribution is -0.121. The number of hydrogen-bond acceptors (Lipinski definition) is 2. The Hall–Kier alpha value is -1.81. The highest BCUT2D eigenvalue weighted by Crippen LogP contribution is 2.20. The van der Waals surface area contributed by atoms with E-state index in [1.54, 1.807) is 0 Å². The third kappa shape index (κ3) is 3.64. The number of carbonyl (C=O) groups excluding carboxylic acids is 1. The molecule has 21 heavy (non-hydrogen) atoms. The Morgan fingerprint density at radius 1 is 1.33 bits per heavy atom. The van der Waals surface area contributed by atoms with Crippen molar-refractivity contribution in [2.75, 3.05) is 6.61 Å². The van der Waals surface area contributed by atoms with Crippen LogP contribution < -0.4 is 5.32 Å². The first kappa shape index (κ1) is 15.6. The van der Waals surface area contributed by atoms with Gasteiger partial charge >= 0.3 is 0 Å². The summed E-state index contributed by atoms with van der Waals surface area (Å²) in [6.07, 6.45) is 2.98. The van der Waals surface area contributed by atoms with Gasteiger partial charge in [0.2, 0.25) is 5.91 Å². The second-order valence-electron chi connectivity index (χ2n) is 5.89. The van der Waals surface area contributed by atoms with Gasteiger partial charge in [0.05, 0.1) is 6.42 Å². The topological polar surface area (TPSA) is 54.3 Å². The molecule has 4 nitrogen and oxygen atoms in total. The van der Waals surface area contributed by atoms with E-state index in [-0.39, 0.29) is 18.6 Å². The molecule has 0 aliphatic heterocycles. The molecule has 1 unspecified atom stereocenters. The van der Waals surface area contributed by atoms with Crippen LogP contribution in [0.1, 0.15) is 25.8 Å². The number of rotatable bonds is 6. The fourth-order valence-corrected chi connectivity index (χ4v) is 2.71. The molecular weight excluding hydrogens is 264 g/mol. The van der Waals surface area contributed by atoms with Gasteiger partial charge in [-0.15, -0.1) is 0 Å². The van der Waals surface area contributed by atoms with Crippen molar-refractivity contribution in [1.82, 2.24) is 9.88 Å². The minimum absolute atomic E-state index is 0.0125. The number of nitrogens with zero attached hydrogens (tertiary/aromatic N) is 1. The van der Waals surface area contributed by atoms with E-state index in [9.17, 15) is 4.79 Å². The zero-order valence-electron chi connectivity index (χ0n) is 13.0. The summed E-state index contributed by atoms with van der Waals surface area (Å²) in [5.41, 5.74) is 2.17. The van der Waals surface area contributed by atoms with E-state index in [0.29, 0.717) is 18.8 Å². The van der Waals surface area contributed by atoms with E-state index in [1.807, 2.05) is 36.0 Å². The standard InChI is InChI=1S/C17H24N2O2/c1-12(2)15(8-9-20)18-17(21)10-13-11-19(3)16-7-5-4-6-14(13)16/h4-7,11-12,15,20H,8-10H2,1-3H3,(H,18,21). The first-order valence-electron chi connectivity index (χ1n) is 7.46. The van der Waals surface area contributed by atoms with Gasteiger partial charge in [0.1, 0.15) is 0 Å². The third-order valence-electron chi connectivity index (χ3n) is 3.92. The van der Waals surface area contributed by atoms with Crippen LogP contribution in [0.4, 0.5) is 0 Å². The number of nitrogens with one attached hydrogen (secondary N) is 1. The van der Waals surface area contributed by atoms with Crippen molar-refractivity contribution in [2.45, 2.75) is 32.7 Å². The second-order valence-corrected chi connectivity index (χ2v) is 5.89.